The summed E-state index contributed by atoms with van der Waals surface area (Å²) in [7, 11) is -1.59. The van der Waals surface area contributed by atoms with E-state index in [4.69, 9.17) is 4.74 Å². The third-order valence-electron chi connectivity index (χ3n) is 4.37. The SMILES string of the molecule is CCC(CC)CNC(=NC)NCCS(=O)(=O)N1CC(C)OC(C)C1. The highest BCUT2D eigenvalue weighted by Crippen LogP contribution is 2.14. The minimum atomic E-state index is -3.29. The smallest absolute Gasteiger partial charge is 0.216 e. The summed E-state index contributed by atoms with van der Waals surface area (Å²) in [5, 5.41) is 6.35. The van der Waals surface area contributed by atoms with Gasteiger partial charge >= 0.3 is 0 Å². The van der Waals surface area contributed by atoms with Gasteiger partial charge in [-0.1, -0.05) is 26.7 Å². The Kier molecular flexibility index (Phi) is 9.01. The Balaban J connectivity index is 2.43. The van der Waals surface area contributed by atoms with E-state index in [-0.39, 0.29) is 18.0 Å². The number of nitrogens with one attached hydrogen (secondary N) is 2. The lowest BCUT2D eigenvalue weighted by Gasteiger charge is -2.34. The van der Waals surface area contributed by atoms with Crippen molar-refractivity contribution < 1.29 is 13.2 Å². The van der Waals surface area contributed by atoms with Crippen LogP contribution in [0.3, 0.4) is 0 Å². The molecule has 0 bridgehead atoms. The summed E-state index contributed by atoms with van der Waals surface area (Å²) < 4.78 is 32.1. The van der Waals surface area contributed by atoms with Gasteiger partial charge in [0.15, 0.2) is 5.96 Å². The molecule has 0 spiro atoms. The quantitative estimate of drug-likeness (QED) is 0.498. The Hall–Kier alpha value is -0.860. The molecule has 142 valence electrons. The molecular weight excluding hydrogens is 328 g/mol. The van der Waals surface area contributed by atoms with Crippen molar-refractivity contribution in [1.82, 2.24) is 14.9 Å². The van der Waals surface area contributed by atoms with E-state index < -0.39 is 10.0 Å². The van der Waals surface area contributed by atoms with E-state index in [9.17, 15) is 8.42 Å². The van der Waals surface area contributed by atoms with Gasteiger partial charge in [0, 0.05) is 33.2 Å². The number of guanidine groups is 1. The van der Waals surface area contributed by atoms with Crippen LogP contribution in [0.5, 0.6) is 0 Å². The van der Waals surface area contributed by atoms with Crippen molar-refractivity contribution in [2.75, 3.05) is 39.0 Å². The molecule has 1 fully saturated rings. The fourth-order valence-electron chi connectivity index (χ4n) is 2.82. The van der Waals surface area contributed by atoms with Crippen molar-refractivity contribution in [2.24, 2.45) is 10.9 Å². The van der Waals surface area contributed by atoms with E-state index >= 15 is 0 Å². The molecule has 0 aromatic rings. The van der Waals surface area contributed by atoms with Gasteiger partial charge in [-0.3, -0.25) is 4.99 Å². The molecule has 8 heteroatoms. The lowest BCUT2D eigenvalue weighted by atomic mass is 10.0. The van der Waals surface area contributed by atoms with Crippen LogP contribution in [-0.2, 0) is 14.8 Å². The summed E-state index contributed by atoms with van der Waals surface area (Å²) in [6, 6.07) is 0. The second kappa shape index (κ2) is 10.2. The first-order valence-electron chi connectivity index (χ1n) is 8.90. The maximum Gasteiger partial charge on any atom is 0.216 e. The Bertz CT molecular complexity index is 482. The van der Waals surface area contributed by atoms with Gasteiger partial charge in [-0.2, -0.15) is 4.31 Å². The van der Waals surface area contributed by atoms with Crippen LogP contribution in [0.25, 0.3) is 0 Å². The first kappa shape index (κ1) is 21.2. The van der Waals surface area contributed by atoms with E-state index in [1.165, 1.54) is 4.31 Å². The molecule has 1 aliphatic rings. The van der Waals surface area contributed by atoms with Crippen molar-refractivity contribution in [3.05, 3.63) is 0 Å². The van der Waals surface area contributed by atoms with Crippen LogP contribution < -0.4 is 10.6 Å². The molecule has 2 atom stereocenters. The molecule has 0 aliphatic carbocycles. The molecule has 0 aromatic heterocycles. The van der Waals surface area contributed by atoms with Gasteiger partial charge in [-0.25, -0.2) is 8.42 Å². The van der Waals surface area contributed by atoms with Crippen LogP contribution >= 0.6 is 0 Å². The summed E-state index contributed by atoms with van der Waals surface area (Å²) in [5.74, 6) is 1.31. The fraction of sp³-hybridized carbons (Fsp3) is 0.938. The molecule has 7 nitrogen and oxygen atoms in total. The van der Waals surface area contributed by atoms with Crippen LogP contribution in [0.1, 0.15) is 40.5 Å². The molecule has 2 unspecified atom stereocenters. The molecular formula is C16H34N4O3S. The molecule has 1 aliphatic heterocycles. The Morgan fingerprint density at radius 3 is 2.29 bits per heavy atom. The second-order valence-corrected chi connectivity index (χ2v) is 8.54. The predicted molar refractivity (Wildman–Crippen MR) is 98.8 cm³/mol. The van der Waals surface area contributed by atoms with Crippen molar-refractivity contribution >= 4 is 16.0 Å². The normalized spacial score (nSPS) is 23.5. The number of hydrogen-bond donors (Lipinski definition) is 2. The monoisotopic (exact) mass is 362 g/mol. The number of hydrogen-bond acceptors (Lipinski definition) is 4. The molecule has 0 radical (unpaired) electrons. The third kappa shape index (κ3) is 6.94. The van der Waals surface area contributed by atoms with E-state index in [1.54, 1.807) is 7.05 Å². The van der Waals surface area contributed by atoms with Crippen LogP contribution in [-0.4, -0.2) is 69.9 Å². The van der Waals surface area contributed by atoms with Crippen LogP contribution in [0, 0.1) is 5.92 Å². The van der Waals surface area contributed by atoms with Crippen molar-refractivity contribution in [3.8, 4) is 0 Å². The van der Waals surface area contributed by atoms with Crippen molar-refractivity contribution in [1.29, 1.82) is 0 Å². The summed E-state index contributed by atoms with van der Waals surface area (Å²) in [4.78, 5) is 4.15. The zero-order valence-corrected chi connectivity index (χ0v) is 16.5. The molecule has 1 rings (SSSR count). The standard InChI is InChI=1S/C16H34N4O3S/c1-6-15(7-2)10-19-16(17-5)18-8-9-24(21,22)20-11-13(3)23-14(4)12-20/h13-15H,6-12H2,1-5H3,(H2,17,18,19). The van der Waals surface area contributed by atoms with Gasteiger partial charge in [-0.05, 0) is 19.8 Å². The zero-order chi connectivity index (χ0) is 18.2. The zero-order valence-electron chi connectivity index (χ0n) is 15.7. The molecule has 0 amide bonds. The maximum atomic E-state index is 12.5. The number of aliphatic imine (C=N–C) groups is 1. The van der Waals surface area contributed by atoms with Crippen LogP contribution in [0.4, 0.5) is 0 Å². The van der Waals surface area contributed by atoms with Gasteiger partial charge < -0.3 is 15.4 Å². The molecule has 2 N–H and O–H groups in total. The van der Waals surface area contributed by atoms with E-state index in [2.05, 4.69) is 29.5 Å². The Morgan fingerprint density at radius 2 is 1.79 bits per heavy atom. The van der Waals surface area contributed by atoms with Gasteiger partial charge in [0.1, 0.15) is 0 Å². The molecule has 24 heavy (non-hydrogen) atoms. The highest BCUT2D eigenvalue weighted by molar-refractivity contribution is 7.89. The number of sulfonamides is 1. The lowest BCUT2D eigenvalue weighted by molar-refractivity contribution is -0.0440. The number of morpholine rings is 1. The fourth-order valence-corrected chi connectivity index (χ4v) is 4.32. The number of ether oxygens (including phenoxy) is 1. The second-order valence-electron chi connectivity index (χ2n) is 6.45. The van der Waals surface area contributed by atoms with Gasteiger partial charge in [-0.15, -0.1) is 0 Å². The average molecular weight is 363 g/mol. The molecule has 1 heterocycles. The minimum Gasteiger partial charge on any atom is -0.373 e. The maximum absolute atomic E-state index is 12.5. The molecule has 0 saturated carbocycles. The third-order valence-corrected chi connectivity index (χ3v) is 6.17. The van der Waals surface area contributed by atoms with E-state index in [1.807, 2.05) is 13.8 Å². The number of rotatable bonds is 8. The highest BCUT2D eigenvalue weighted by Gasteiger charge is 2.30. The Labute approximate surface area is 147 Å². The summed E-state index contributed by atoms with van der Waals surface area (Å²) in [6.45, 7) is 10.2. The predicted octanol–water partition coefficient (Wildman–Crippen LogP) is 1.03. The molecule has 1 saturated heterocycles. The first-order valence-corrected chi connectivity index (χ1v) is 10.5. The Morgan fingerprint density at radius 1 is 1.21 bits per heavy atom. The van der Waals surface area contributed by atoms with Crippen LogP contribution in [0.15, 0.2) is 4.99 Å². The van der Waals surface area contributed by atoms with Gasteiger partial charge in [0.05, 0.1) is 18.0 Å². The van der Waals surface area contributed by atoms with E-state index in [0.29, 0.717) is 31.5 Å². The first-order chi connectivity index (χ1) is 11.3. The lowest BCUT2D eigenvalue weighted by Crippen LogP contribution is -2.50. The summed E-state index contributed by atoms with van der Waals surface area (Å²) in [5.41, 5.74) is 0. The van der Waals surface area contributed by atoms with Crippen molar-refractivity contribution in [3.63, 3.8) is 0 Å². The van der Waals surface area contributed by atoms with Crippen molar-refractivity contribution in [2.45, 2.75) is 52.7 Å². The van der Waals surface area contributed by atoms with Crippen LogP contribution in [0.2, 0.25) is 0 Å². The summed E-state index contributed by atoms with van der Waals surface area (Å²) >= 11 is 0. The summed E-state index contributed by atoms with van der Waals surface area (Å²) in [6.07, 6.45) is 2.10. The topological polar surface area (TPSA) is 83.0 Å². The minimum absolute atomic E-state index is 0.0537. The van der Waals surface area contributed by atoms with Gasteiger partial charge in [0.25, 0.3) is 0 Å². The van der Waals surface area contributed by atoms with Gasteiger partial charge in [0.2, 0.25) is 10.0 Å². The average Bonchev–Trinajstić information content (AvgIpc) is 2.53. The van der Waals surface area contributed by atoms with E-state index in [0.717, 1.165) is 19.4 Å². The largest absolute Gasteiger partial charge is 0.373 e. The molecule has 0 aromatic carbocycles. The highest BCUT2D eigenvalue weighted by atomic mass is 32.2. The number of nitrogens with zero attached hydrogens (tertiary/aromatic N) is 2.